The van der Waals surface area contributed by atoms with Crippen molar-refractivity contribution in [2.45, 2.75) is 19.4 Å². The van der Waals surface area contributed by atoms with Gasteiger partial charge in [0, 0.05) is 18.2 Å². The Morgan fingerprint density at radius 2 is 2.24 bits per heavy atom. The van der Waals surface area contributed by atoms with Crippen LogP contribution in [0.4, 0.5) is 4.39 Å². The van der Waals surface area contributed by atoms with E-state index in [9.17, 15) is 9.50 Å². The van der Waals surface area contributed by atoms with Crippen LogP contribution in [0.15, 0.2) is 12.1 Å². The van der Waals surface area contributed by atoms with Crippen molar-refractivity contribution >= 4 is 0 Å². The fraction of sp³-hybridized carbons (Fsp3) is 0.538. The van der Waals surface area contributed by atoms with Gasteiger partial charge < -0.3 is 10.8 Å². The second-order valence-electron chi connectivity index (χ2n) is 4.93. The van der Waals surface area contributed by atoms with Gasteiger partial charge >= 0.3 is 0 Å². The van der Waals surface area contributed by atoms with Crippen LogP contribution in [0.1, 0.15) is 23.6 Å². The Morgan fingerprint density at radius 1 is 1.53 bits per heavy atom. The summed E-state index contributed by atoms with van der Waals surface area (Å²) >= 11 is 0. The lowest BCUT2D eigenvalue weighted by atomic mass is 9.98. The third-order valence-corrected chi connectivity index (χ3v) is 3.67. The molecule has 17 heavy (non-hydrogen) atoms. The second-order valence-corrected chi connectivity index (χ2v) is 4.93. The highest BCUT2D eigenvalue weighted by molar-refractivity contribution is 5.40. The number of aryl methyl sites for hydroxylation is 1. The summed E-state index contributed by atoms with van der Waals surface area (Å²) in [5, 5.41) is 9.88. The fourth-order valence-electron chi connectivity index (χ4n) is 2.59. The quantitative estimate of drug-likeness (QED) is 0.826. The molecule has 1 saturated heterocycles. The molecule has 3 nitrogen and oxygen atoms in total. The fourth-order valence-corrected chi connectivity index (χ4v) is 2.59. The second kappa shape index (κ2) is 4.63. The van der Waals surface area contributed by atoms with Gasteiger partial charge in [0.2, 0.25) is 0 Å². The molecule has 1 fully saturated rings. The molecule has 0 aromatic heterocycles. The molecule has 0 amide bonds. The number of nitrogens with zero attached hydrogens (tertiary/aromatic N) is 1. The van der Waals surface area contributed by atoms with Crippen molar-refractivity contribution in [3.05, 3.63) is 29.1 Å². The summed E-state index contributed by atoms with van der Waals surface area (Å²) in [5.41, 5.74) is 6.81. The first-order valence-corrected chi connectivity index (χ1v) is 5.92. The van der Waals surface area contributed by atoms with E-state index in [0.717, 1.165) is 13.0 Å². The first-order chi connectivity index (χ1) is 8.04. The van der Waals surface area contributed by atoms with Crippen molar-refractivity contribution in [3.8, 4) is 5.75 Å². The van der Waals surface area contributed by atoms with Gasteiger partial charge in [-0.05, 0) is 38.4 Å². The molecule has 0 radical (unpaired) electrons. The SMILES string of the molecule is Cc1ccc(C2CC(CN)CN2C)c(O)c1F. The van der Waals surface area contributed by atoms with E-state index in [4.69, 9.17) is 5.73 Å². The Balaban J connectivity index is 2.32. The predicted molar refractivity (Wildman–Crippen MR) is 65.3 cm³/mol. The first kappa shape index (κ1) is 12.3. The van der Waals surface area contributed by atoms with E-state index >= 15 is 0 Å². The molecule has 2 atom stereocenters. The molecule has 1 aromatic carbocycles. The molecule has 4 heteroatoms. The van der Waals surface area contributed by atoms with Crippen LogP contribution < -0.4 is 5.73 Å². The Kier molecular flexibility index (Phi) is 3.35. The minimum Gasteiger partial charge on any atom is -0.505 e. The van der Waals surface area contributed by atoms with Crippen molar-refractivity contribution < 1.29 is 9.50 Å². The largest absolute Gasteiger partial charge is 0.505 e. The summed E-state index contributed by atoms with van der Waals surface area (Å²) in [6.07, 6.45) is 0.878. The summed E-state index contributed by atoms with van der Waals surface area (Å²) in [5.74, 6) is -0.291. The highest BCUT2D eigenvalue weighted by Crippen LogP contribution is 2.39. The van der Waals surface area contributed by atoms with Gasteiger partial charge in [-0.3, -0.25) is 4.90 Å². The Labute approximate surface area is 101 Å². The number of hydrogen-bond donors (Lipinski definition) is 2. The van der Waals surface area contributed by atoms with Crippen molar-refractivity contribution in [2.24, 2.45) is 11.7 Å². The van der Waals surface area contributed by atoms with Crippen molar-refractivity contribution in [3.63, 3.8) is 0 Å². The van der Waals surface area contributed by atoms with Crippen LogP contribution in [-0.4, -0.2) is 30.1 Å². The van der Waals surface area contributed by atoms with Crippen LogP contribution in [0.25, 0.3) is 0 Å². The van der Waals surface area contributed by atoms with Crippen LogP contribution in [0.5, 0.6) is 5.75 Å². The van der Waals surface area contributed by atoms with E-state index in [1.807, 2.05) is 13.1 Å². The zero-order valence-electron chi connectivity index (χ0n) is 10.3. The van der Waals surface area contributed by atoms with Gasteiger partial charge in [-0.25, -0.2) is 4.39 Å². The molecule has 2 rings (SSSR count). The molecule has 0 bridgehead atoms. The van der Waals surface area contributed by atoms with Gasteiger partial charge in [-0.15, -0.1) is 0 Å². The van der Waals surface area contributed by atoms with E-state index < -0.39 is 5.82 Å². The molecule has 94 valence electrons. The Hall–Kier alpha value is -1.13. The minimum absolute atomic E-state index is 0.0682. The molecule has 1 aliphatic rings. The zero-order chi connectivity index (χ0) is 12.6. The van der Waals surface area contributed by atoms with E-state index in [0.29, 0.717) is 23.6 Å². The van der Waals surface area contributed by atoms with Gasteiger partial charge in [0.05, 0.1) is 0 Å². The average Bonchev–Trinajstić information content (AvgIpc) is 2.68. The van der Waals surface area contributed by atoms with Crippen molar-refractivity contribution in [2.75, 3.05) is 20.1 Å². The number of aromatic hydroxyl groups is 1. The first-order valence-electron chi connectivity index (χ1n) is 5.92. The lowest BCUT2D eigenvalue weighted by Crippen LogP contribution is -2.20. The van der Waals surface area contributed by atoms with Crippen LogP contribution in [0.3, 0.4) is 0 Å². The number of benzene rings is 1. The molecule has 0 saturated carbocycles. The maximum atomic E-state index is 13.7. The molecule has 1 aliphatic heterocycles. The molecule has 0 aliphatic carbocycles. The van der Waals surface area contributed by atoms with E-state index in [2.05, 4.69) is 4.90 Å². The van der Waals surface area contributed by atoms with Gasteiger partial charge in [0.15, 0.2) is 11.6 Å². The molecular weight excluding hydrogens is 219 g/mol. The normalized spacial score (nSPS) is 25.4. The number of phenolic OH excluding ortho intramolecular Hbond substituents is 1. The smallest absolute Gasteiger partial charge is 0.168 e. The summed E-state index contributed by atoms with van der Waals surface area (Å²) in [6.45, 7) is 3.19. The van der Waals surface area contributed by atoms with Crippen LogP contribution in [0, 0.1) is 18.7 Å². The lowest BCUT2D eigenvalue weighted by Gasteiger charge is -2.21. The molecule has 0 spiro atoms. The highest BCUT2D eigenvalue weighted by atomic mass is 19.1. The van der Waals surface area contributed by atoms with Crippen molar-refractivity contribution in [1.82, 2.24) is 4.90 Å². The zero-order valence-corrected chi connectivity index (χ0v) is 10.3. The van der Waals surface area contributed by atoms with E-state index in [1.165, 1.54) is 0 Å². The summed E-state index contributed by atoms with van der Waals surface area (Å²) in [7, 11) is 1.98. The number of halogens is 1. The maximum Gasteiger partial charge on any atom is 0.168 e. The number of nitrogens with two attached hydrogens (primary N) is 1. The monoisotopic (exact) mass is 238 g/mol. The van der Waals surface area contributed by atoms with Gasteiger partial charge in [0.1, 0.15) is 0 Å². The minimum atomic E-state index is -0.507. The van der Waals surface area contributed by atoms with E-state index in [-0.39, 0.29) is 11.8 Å². The van der Waals surface area contributed by atoms with Gasteiger partial charge in [0.25, 0.3) is 0 Å². The topological polar surface area (TPSA) is 49.5 Å². The molecule has 3 N–H and O–H groups in total. The average molecular weight is 238 g/mol. The Morgan fingerprint density at radius 3 is 2.82 bits per heavy atom. The Bertz CT molecular complexity index is 422. The summed E-state index contributed by atoms with van der Waals surface area (Å²) in [4.78, 5) is 2.13. The molecule has 1 heterocycles. The van der Waals surface area contributed by atoms with Crippen LogP contribution in [-0.2, 0) is 0 Å². The number of rotatable bonds is 2. The predicted octanol–water partition coefficient (Wildman–Crippen LogP) is 1.79. The summed E-state index contributed by atoms with van der Waals surface area (Å²) < 4.78 is 13.7. The van der Waals surface area contributed by atoms with Gasteiger partial charge in [-0.1, -0.05) is 12.1 Å². The number of hydrogen-bond acceptors (Lipinski definition) is 3. The number of likely N-dealkylation sites (tertiary alicyclic amines) is 1. The molecule has 1 aromatic rings. The lowest BCUT2D eigenvalue weighted by molar-refractivity contribution is 0.302. The molecule has 2 unspecified atom stereocenters. The maximum absolute atomic E-state index is 13.7. The summed E-state index contributed by atoms with van der Waals surface area (Å²) in [6, 6.07) is 3.60. The van der Waals surface area contributed by atoms with Crippen LogP contribution in [0.2, 0.25) is 0 Å². The third-order valence-electron chi connectivity index (χ3n) is 3.67. The standard InChI is InChI=1S/C13H19FN2O/c1-8-3-4-10(13(17)12(8)14)11-5-9(6-15)7-16(11)2/h3-4,9,11,17H,5-7,15H2,1-2H3. The highest BCUT2D eigenvalue weighted by Gasteiger charge is 2.32. The third kappa shape index (κ3) is 2.15. The number of phenols is 1. The van der Waals surface area contributed by atoms with E-state index in [1.54, 1.807) is 13.0 Å². The van der Waals surface area contributed by atoms with Crippen LogP contribution >= 0.6 is 0 Å². The van der Waals surface area contributed by atoms with Gasteiger partial charge in [-0.2, -0.15) is 0 Å². The molecular formula is C13H19FN2O. The van der Waals surface area contributed by atoms with Crippen molar-refractivity contribution in [1.29, 1.82) is 0 Å².